The van der Waals surface area contributed by atoms with Crippen LogP contribution in [0.4, 0.5) is 4.39 Å². The van der Waals surface area contributed by atoms with E-state index in [4.69, 9.17) is 9.84 Å². The van der Waals surface area contributed by atoms with Crippen molar-refractivity contribution in [3.63, 3.8) is 0 Å². The summed E-state index contributed by atoms with van der Waals surface area (Å²) in [7, 11) is 0. The SMILES string of the molecule is O=C(COc1cccc(F)c1)NC1CCCCC1C(=O)O. The molecular formula is C15H18FNO4. The zero-order valence-corrected chi connectivity index (χ0v) is 11.5. The Kier molecular flexibility index (Phi) is 5.14. The molecule has 0 aromatic heterocycles. The van der Waals surface area contributed by atoms with Gasteiger partial charge in [-0.1, -0.05) is 18.9 Å². The molecule has 2 N–H and O–H groups in total. The van der Waals surface area contributed by atoms with E-state index in [0.717, 1.165) is 12.8 Å². The summed E-state index contributed by atoms with van der Waals surface area (Å²) in [5.41, 5.74) is 0. The second kappa shape index (κ2) is 7.06. The number of ether oxygens (including phenoxy) is 1. The van der Waals surface area contributed by atoms with Gasteiger partial charge in [0.05, 0.1) is 5.92 Å². The van der Waals surface area contributed by atoms with Gasteiger partial charge in [-0.05, 0) is 25.0 Å². The Balaban J connectivity index is 1.84. The monoisotopic (exact) mass is 295 g/mol. The third kappa shape index (κ3) is 4.44. The van der Waals surface area contributed by atoms with Crippen LogP contribution in [0.25, 0.3) is 0 Å². The maximum Gasteiger partial charge on any atom is 0.308 e. The number of benzene rings is 1. The first-order chi connectivity index (χ1) is 10.1. The summed E-state index contributed by atoms with van der Waals surface area (Å²) >= 11 is 0. The van der Waals surface area contributed by atoms with Gasteiger partial charge in [0.15, 0.2) is 6.61 Å². The summed E-state index contributed by atoms with van der Waals surface area (Å²) in [6.07, 6.45) is 3.00. The van der Waals surface area contributed by atoms with Crippen LogP contribution in [0, 0.1) is 11.7 Å². The summed E-state index contributed by atoms with van der Waals surface area (Å²) in [4.78, 5) is 23.0. The molecule has 0 aliphatic heterocycles. The zero-order chi connectivity index (χ0) is 15.2. The highest BCUT2D eigenvalue weighted by molar-refractivity contribution is 5.79. The summed E-state index contributed by atoms with van der Waals surface area (Å²) in [6, 6.07) is 5.15. The van der Waals surface area contributed by atoms with Gasteiger partial charge >= 0.3 is 5.97 Å². The van der Waals surface area contributed by atoms with E-state index in [1.54, 1.807) is 6.07 Å². The maximum absolute atomic E-state index is 13.0. The van der Waals surface area contributed by atoms with E-state index in [-0.39, 0.29) is 18.4 Å². The molecule has 2 unspecified atom stereocenters. The highest BCUT2D eigenvalue weighted by Crippen LogP contribution is 2.24. The molecule has 0 heterocycles. The van der Waals surface area contributed by atoms with E-state index in [1.165, 1.54) is 18.2 Å². The number of carboxylic acid groups (broad SMARTS) is 1. The lowest BCUT2D eigenvalue weighted by Gasteiger charge is -2.29. The molecule has 1 aliphatic carbocycles. The summed E-state index contributed by atoms with van der Waals surface area (Å²) in [6.45, 7) is -0.258. The summed E-state index contributed by atoms with van der Waals surface area (Å²) < 4.78 is 18.1. The lowest BCUT2D eigenvalue weighted by molar-refractivity contribution is -0.144. The van der Waals surface area contributed by atoms with Gasteiger partial charge in [0, 0.05) is 12.1 Å². The van der Waals surface area contributed by atoms with Crippen LogP contribution in [0.15, 0.2) is 24.3 Å². The second-order valence-electron chi connectivity index (χ2n) is 5.15. The van der Waals surface area contributed by atoms with Gasteiger partial charge in [-0.25, -0.2) is 4.39 Å². The van der Waals surface area contributed by atoms with Crippen LogP contribution in [0.1, 0.15) is 25.7 Å². The minimum atomic E-state index is -0.883. The largest absolute Gasteiger partial charge is 0.484 e. The lowest BCUT2D eigenvalue weighted by Crippen LogP contribution is -2.46. The van der Waals surface area contributed by atoms with E-state index in [2.05, 4.69) is 5.32 Å². The maximum atomic E-state index is 13.0. The quantitative estimate of drug-likeness (QED) is 0.870. The third-order valence-corrected chi connectivity index (χ3v) is 3.60. The van der Waals surface area contributed by atoms with Crippen LogP contribution in [0.2, 0.25) is 0 Å². The average molecular weight is 295 g/mol. The van der Waals surface area contributed by atoms with Crippen molar-refractivity contribution in [1.29, 1.82) is 0 Å². The van der Waals surface area contributed by atoms with Crippen molar-refractivity contribution in [2.45, 2.75) is 31.7 Å². The first-order valence-electron chi connectivity index (χ1n) is 6.97. The normalized spacial score (nSPS) is 21.6. The van der Waals surface area contributed by atoms with Crippen molar-refractivity contribution in [3.05, 3.63) is 30.1 Å². The number of nitrogens with one attached hydrogen (secondary N) is 1. The number of aliphatic carboxylic acids is 1. The fourth-order valence-corrected chi connectivity index (χ4v) is 2.55. The molecule has 2 rings (SSSR count). The molecule has 1 fully saturated rings. The van der Waals surface area contributed by atoms with E-state index in [0.29, 0.717) is 12.8 Å². The van der Waals surface area contributed by atoms with Crippen molar-refractivity contribution in [3.8, 4) is 5.75 Å². The Morgan fingerprint density at radius 3 is 2.81 bits per heavy atom. The van der Waals surface area contributed by atoms with Gasteiger partial charge in [-0.3, -0.25) is 9.59 Å². The molecule has 0 radical (unpaired) electrons. The van der Waals surface area contributed by atoms with Crippen molar-refractivity contribution >= 4 is 11.9 Å². The molecule has 2 atom stereocenters. The fraction of sp³-hybridized carbons (Fsp3) is 0.467. The highest BCUT2D eigenvalue weighted by atomic mass is 19.1. The third-order valence-electron chi connectivity index (χ3n) is 3.60. The molecule has 1 aromatic carbocycles. The molecule has 1 amide bonds. The lowest BCUT2D eigenvalue weighted by atomic mass is 9.84. The number of carboxylic acids is 1. The molecule has 5 nitrogen and oxygen atoms in total. The van der Waals surface area contributed by atoms with Gasteiger partial charge in [-0.15, -0.1) is 0 Å². The number of rotatable bonds is 5. The van der Waals surface area contributed by atoms with Gasteiger partial charge in [0.25, 0.3) is 5.91 Å². The standard InChI is InChI=1S/C15H18FNO4/c16-10-4-3-5-11(8-10)21-9-14(18)17-13-7-2-1-6-12(13)15(19)20/h3-5,8,12-13H,1-2,6-7,9H2,(H,17,18)(H,19,20). The minimum absolute atomic E-state index is 0.258. The van der Waals surface area contributed by atoms with E-state index in [9.17, 15) is 14.0 Å². The van der Waals surface area contributed by atoms with E-state index < -0.39 is 23.6 Å². The van der Waals surface area contributed by atoms with E-state index >= 15 is 0 Å². The molecular weight excluding hydrogens is 277 g/mol. The molecule has 0 saturated heterocycles. The van der Waals surface area contributed by atoms with Crippen LogP contribution in [0.5, 0.6) is 5.75 Å². The summed E-state index contributed by atoms with van der Waals surface area (Å²) in [5.74, 6) is -1.99. The first-order valence-corrected chi connectivity index (χ1v) is 6.97. The Labute approximate surface area is 122 Å². The molecule has 21 heavy (non-hydrogen) atoms. The number of carbonyl (C=O) groups is 2. The smallest absolute Gasteiger partial charge is 0.308 e. The molecule has 114 valence electrons. The predicted molar refractivity (Wildman–Crippen MR) is 73.4 cm³/mol. The van der Waals surface area contributed by atoms with Crippen LogP contribution >= 0.6 is 0 Å². The van der Waals surface area contributed by atoms with Crippen molar-refractivity contribution < 1.29 is 23.8 Å². The number of carbonyl (C=O) groups excluding carboxylic acids is 1. The zero-order valence-electron chi connectivity index (χ0n) is 11.5. The van der Waals surface area contributed by atoms with Crippen LogP contribution in [-0.4, -0.2) is 29.6 Å². The Bertz CT molecular complexity index is 520. The highest BCUT2D eigenvalue weighted by Gasteiger charge is 2.31. The fourth-order valence-electron chi connectivity index (χ4n) is 2.55. The number of halogens is 1. The Morgan fingerprint density at radius 2 is 2.10 bits per heavy atom. The molecule has 0 spiro atoms. The van der Waals surface area contributed by atoms with Crippen LogP contribution < -0.4 is 10.1 Å². The van der Waals surface area contributed by atoms with Gasteiger partial charge in [-0.2, -0.15) is 0 Å². The van der Waals surface area contributed by atoms with Crippen molar-refractivity contribution in [2.75, 3.05) is 6.61 Å². The molecule has 6 heteroatoms. The Morgan fingerprint density at radius 1 is 1.33 bits per heavy atom. The average Bonchev–Trinajstić information content (AvgIpc) is 2.45. The molecule has 1 saturated carbocycles. The molecule has 1 aromatic rings. The second-order valence-corrected chi connectivity index (χ2v) is 5.15. The number of hydrogen-bond donors (Lipinski definition) is 2. The summed E-state index contributed by atoms with van der Waals surface area (Å²) in [5, 5.41) is 11.8. The first kappa shape index (κ1) is 15.3. The van der Waals surface area contributed by atoms with Crippen molar-refractivity contribution in [2.24, 2.45) is 5.92 Å². The molecule has 1 aliphatic rings. The number of hydrogen-bond acceptors (Lipinski definition) is 3. The van der Waals surface area contributed by atoms with Gasteiger partial charge in [0.1, 0.15) is 11.6 Å². The van der Waals surface area contributed by atoms with Crippen LogP contribution in [-0.2, 0) is 9.59 Å². The topological polar surface area (TPSA) is 75.6 Å². The predicted octanol–water partition coefficient (Wildman–Crippen LogP) is 1.96. The van der Waals surface area contributed by atoms with Crippen LogP contribution in [0.3, 0.4) is 0 Å². The van der Waals surface area contributed by atoms with E-state index in [1.807, 2.05) is 0 Å². The number of amides is 1. The van der Waals surface area contributed by atoms with Crippen molar-refractivity contribution in [1.82, 2.24) is 5.32 Å². The van der Waals surface area contributed by atoms with Gasteiger partial charge in [0.2, 0.25) is 0 Å². The molecule has 0 bridgehead atoms. The Hall–Kier alpha value is -2.11. The minimum Gasteiger partial charge on any atom is -0.484 e. The van der Waals surface area contributed by atoms with Gasteiger partial charge < -0.3 is 15.2 Å².